The molecular weight excluding hydrogens is 280 g/mol. The van der Waals surface area contributed by atoms with Gasteiger partial charge in [-0.1, -0.05) is 6.07 Å². The number of benzene rings is 2. The summed E-state index contributed by atoms with van der Waals surface area (Å²) < 4.78 is 16.5. The molecule has 0 aliphatic carbocycles. The Morgan fingerprint density at radius 3 is 2.23 bits per heavy atom. The number of rotatable bonds is 7. The summed E-state index contributed by atoms with van der Waals surface area (Å²) in [6.45, 7) is 4.90. The molecule has 0 unspecified atom stereocenters. The van der Waals surface area contributed by atoms with Gasteiger partial charge in [-0.3, -0.25) is 4.79 Å². The summed E-state index contributed by atoms with van der Waals surface area (Å²) in [4.78, 5) is 10.7. The Hall–Kier alpha value is -2.49. The van der Waals surface area contributed by atoms with Crippen molar-refractivity contribution >= 4 is 6.29 Å². The van der Waals surface area contributed by atoms with E-state index in [4.69, 9.17) is 14.2 Å². The third-order valence-corrected chi connectivity index (χ3v) is 3.13. The first-order chi connectivity index (χ1) is 10.6. The Kier molecular flexibility index (Phi) is 5.42. The van der Waals surface area contributed by atoms with E-state index in [1.165, 1.54) is 11.1 Å². The summed E-state index contributed by atoms with van der Waals surface area (Å²) in [6, 6.07) is 11.1. The number of hydrogen-bond donors (Lipinski definition) is 0. The Morgan fingerprint density at radius 1 is 0.909 bits per heavy atom. The first kappa shape index (κ1) is 15.9. The monoisotopic (exact) mass is 300 g/mol. The van der Waals surface area contributed by atoms with E-state index in [2.05, 4.69) is 6.07 Å². The van der Waals surface area contributed by atoms with Gasteiger partial charge < -0.3 is 14.2 Å². The quantitative estimate of drug-likeness (QED) is 0.579. The molecule has 0 aliphatic rings. The minimum Gasteiger partial charge on any atom is -0.493 e. The van der Waals surface area contributed by atoms with Gasteiger partial charge in [0, 0.05) is 5.56 Å². The van der Waals surface area contributed by atoms with Crippen LogP contribution in [-0.4, -0.2) is 26.6 Å². The number of methoxy groups -OCH3 is 1. The molecule has 0 aliphatic heterocycles. The summed E-state index contributed by atoms with van der Waals surface area (Å²) in [7, 11) is 1.54. The second kappa shape index (κ2) is 7.50. The Labute approximate surface area is 130 Å². The molecule has 22 heavy (non-hydrogen) atoms. The van der Waals surface area contributed by atoms with Crippen LogP contribution in [0.3, 0.4) is 0 Å². The van der Waals surface area contributed by atoms with Gasteiger partial charge in [-0.15, -0.1) is 0 Å². The fourth-order valence-electron chi connectivity index (χ4n) is 2.20. The number of ether oxygens (including phenoxy) is 3. The van der Waals surface area contributed by atoms with Crippen molar-refractivity contribution in [2.75, 3.05) is 20.3 Å². The van der Waals surface area contributed by atoms with E-state index in [0.717, 1.165) is 12.0 Å². The zero-order valence-electron chi connectivity index (χ0n) is 13.1. The van der Waals surface area contributed by atoms with Gasteiger partial charge in [-0.05, 0) is 55.3 Å². The highest BCUT2D eigenvalue weighted by Gasteiger charge is 2.05. The zero-order valence-corrected chi connectivity index (χ0v) is 13.1. The van der Waals surface area contributed by atoms with Crippen LogP contribution in [-0.2, 0) is 0 Å². The van der Waals surface area contributed by atoms with Crippen molar-refractivity contribution in [3.8, 4) is 17.2 Å². The average molecular weight is 300 g/mol. The number of aldehydes is 1. The lowest BCUT2D eigenvalue weighted by molar-refractivity contribution is 0.112. The standard InChI is InChI=1S/C18H20O4/c1-13-8-14(2)10-16(9-13)21-6-7-22-17-5-4-15(12-19)11-18(17)20-3/h4-5,8-12H,6-7H2,1-3H3. The molecule has 0 fully saturated rings. The molecule has 4 heteroatoms. The molecule has 2 rings (SSSR count). The van der Waals surface area contributed by atoms with Gasteiger partial charge in [0.25, 0.3) is 0 Å². The van der Waals surface area contributed by atoms with Crippen LogP contribution in [0.15, 0.2) is 36.4 Å². The lowest BCUT2D eigenvalue weighted by atomic mass is 10.1. The minimum absolute atomic E-state index is 0.393. The fourth-order valence-corrected chi connectivity index (χ4v) is 2.20. The summed E-state index contributed by atoms with van der Waals surface area (Å²) in [5.41, 5.74) is 2.89. The van der Waals surface area contributed by atoms with Crippen LogP contribution in [0, 0.1) is 13.8 Å². The molecule has 0 radical (unpaired) electrons. The van der Waals surface area contributed by atoms with Crippen molar-refractivity contribution in [2.45, 2.75) is 13.8 Å². The van der Waals surface area contributed by atoms with Crippen LogP contribution >= 0.6 is 0 Å². The maximum Gasteiger partial charge on any atom is 0.161 e. The smallest absolute Gasteiger partial charge is 0.161 e. The number of aryl methyl sites for hydroxylation is 2. The third-order valence-electron chi connectivity index (χ3n) is 3.13. The van der Waals surface area contributed by atoms with Crippen molar-refractivity contribution in [3.63, 3.8) is 0 Å². The topological polar surface area (TPSA) is 44.8 Å². The van der Waals surface area contributed by atoms with Gasteiger partial charge in [0.2, 0.25) is 0 Å². The number of carbonyl (C=O) groups is 1. The maximum atomic E-state index is 10.7. The molecule has 2 aromatic rings. The molecule has 4 nitrogen and oxygen atoms in total. The summed E-state index contributed by atoms with van der Waals surface area (Å²) >= 11 is 0. The first-order valence-electron chi connectivity index (χ1n) is 7.09. The number of carbonyl (C=O) groups excluding carboxylic acids is 1. The summed E-state index contributed by atoms with van der Waals surface area (Å²) in [5.74, 6) is 1.97. The van der Waals surface area contributed by atoms with Gasteiger partial charge in [-0.25, -0.2) is 0 Å². The van der Waals surface area contributed by atoms with Gasteiger partial charge in [0.1, 0.15) is 25.2 Å². The Balaban J connectivity index is 1.89. The van der Waals surface area contributed by atoms with E-state index in [-0.39, 0.29) is 0 Å². The summed E-state index contributed by atoms with van der Waals surface area (Å²) in [5, 5.41) is 0. The van der Waals surface area contributed by atoms with Crippen LogP contribution in [0.2, 0.25) is 0 Å². The van der Waals surface area contributed by atoms with E-state index >= 15 is 0 Å². The molecule has 0 spiro atoms. The molecule has 0 N–H and O–H groups in total. The van der Waals surface area contributed by atoms with Crippen molar-refractivity contribution in [1.29, 1.82) is 0 Å². The van der Waals surface area contributed by atoms with Gasteiger partial charge >= 0.3 is 0 Å². The van der Waals surface area contributed by atoms with E-state index in [1.807, 2.05) is 26.0 Å². The average Bonchev–Trinajstić information content (AvgIpc) is 2.50. The Morgan fingerprint density at radius 2 is 1.59 bits per heavy atom. The van der Waals surface area contributed by atoms with Crippen molar-refractivity contribution in [2.24, 2.45) is 0 Å². The van der Waals surface area contributed by atoms with E-state index in [9.17, 15) is 4.79 Å². The van der Waals surface area contributed by atoms with Gasteiger partial charge in [0.05, 0.1) is 7.11 Å². The first-order valence-corrected chi connectivity index (χ1v) is 7.09. The second-order valence-electron chi connectivity index (χ2n) is 5.05. The summed E-state index contributed by atoms with van der Waals surface area (Å²) in [6.07, 6.45) is 0.773. The maximum absolute atomic E-state index is 10.7. The normalized spacial score (nSPS) is 10.1. The SMILES string of the molecule is COc1cc(C=O)ccc1OCCOc1cc(C)cc(C)c1. The van der Waals surface area contributed by atoms with E-state index in [0.29, 0.717) is 30.3 Å². The van der Waals surface area contributed by atoms with Gasteiger partial charge in [-0.2, -0.15) is 0 Å². The van der Waals surface area contributed by atoms with Crippen molar-refractivity contribution < 1.29 is 19.0 Å². The molecule has 0 aromatic heterocycles. The lowest BCUT2D eigenvalue weighted by Crippen LogP contribution is -2.09. The lowest BCUT2D eigenvalue weighted by Gasteiger charge is -2.12. The molecule has 116 valence electrons. The molecule has 0 amide bonds. The third kappa shape index (κ3) is 4.25. The molecule has 0 atom stereocenters. The highest BCUT2D eigenvalue weighted by atomic mass is 16.5. The van der Waals surface area contributed by atoms with Crippen LogP contribution in [0.25, 0.3) is 0 Å². The predicted molar refractivity (Wildman–Crippen MR) is 85.3 cm³/mol. The highest BCUT2D eigenvalue weighted by molar-refractivity contribution is 5.76. The zero-order chi connectivity index (χ0) is 15.9. The van der Waals surface area contributed by atoms with Crippen LogP contribution in [0.1, 0.15) is 21.5 Å². The van der Waals surface area contributed by atoms with Crippen molar-refractivity contribution in [1.82, 2.24) is 0 Å². The fraction of sp³-hybridized carbons (Fsp3) is 0.278. The van der Waals surface area contributed by atoms with E-state index in [1.54, 1.807) is 25.3 Å². The Bertz CT molecular complexity index is 629. The second-order valence-corrected chi connectivity index (χ2v) is 5.05. The van der Waals surface area contributed by atoms with Crippen LogP contribution < -0.4 is 14.2 Å². The van der Waals surface area contributed by atoms with Crippen LogP contribution in [0.5, 0.6) is 17.2 Å². The largest absolute Gasteiger partial charge is 0.493 e. The van der Waals surface area contributed by atoms with Gasteiger partial charge in [0.15, 0.2) is 11.5 Å². The predicted octanol–water partition coefficient (Wildman–Crippen LogP) is 3.58. The minimum atomic E-state index is 0.393. The van der Waals surface area contributed by atoms with E-state index < -0.39 is 0 Å². The van der Waals surface area contributed by atoms with Crippen molar-refractivity contribution in [3.05, 3.63) is 53.1 Å². The molecule has 0 saturated heterocycles. The number of hydrogen-bond acceptors (Lipinski definition) is 4. The highest BCUT2D eigenvalue weighted by Crippen LogP contribution is 2.27. The molecule has 0 bridgehead atoms. The molecule has 0 heterocycles. The molecule has 2 aromatic carbocycles. The van der Waals surface area contributed by atoms with Crippen LogP contribution in [0.4, 0.5) is 0 Å². The molecule has 0 saturated carbocycles. The molecular formula is C18H20O4.